The summed E-state index contributed by atoms with van der Waals surface area (Å²) in [6, 6.07) is 5.33. The molecule has 190 valence electrons. The molecular weight excluding hydrogens is 467 g/mol. The average molecular weight is 498 g/mol. The number of aromatic nitrogens is 2. The number of alkyl halides is 2. The number of nitrogens with one attached hydrogen (secondary N) is 1. The minimum atomic E-state index is -2.89. The van der Waals surface area contributed by atoms with Gasteiger partial charge in [-0.25, -0.2) is 23.1 Å². The Morgan fingerprint density at radius 3 is 2.50 bits per heavy atom. The SMILES string of the molecule is CC(Nc1c2c(nc3nc(N4CCCC4)c(C(=O)N(C)C)cc13)CCC2)c1cccc(C(F)F)c1F. The predicted octanol–water partition coefficient (Wildman–Crippen LogP) is 5.67. The van der Waals surface area contributed by atoms with E-state index in [1.165, 1.54) is 17.0 Å². The van der Waals surface area contributed by atoms with Crippen LogP contribution in [-0.4, -0.2) is 48.0 Å². The number of halogens is 3. The second-order valence-corrected chi connectivity index (χ2v) is 9.81. The summed E-state index contributed by atoms with van der Waals surface area (Å²) in [5, 5.41) is 4.07. The third kappa shape index (κ3) is 4.24. The lowest BCUT2D eigenvalue weighted by atomic mass is 10.0. The highest BCUT2D eigenvalue weighted by Crippen LogP contribution is 2.39. The maximum absolute atomic E-state index is 14.9. The fraction of sp³-hybridized carbons (Fsp3) is 0.444. The summed E-state index contributed by atoms with van der Waals surface area (Å²) >= 11 is 0. The fourth-order valence-corrected chi connectivity index (χ4v) is 5.27. The number of rotatable bonds is 6. The lowest BCUT2D eigenvalue weighted by Gasteiger charge is -2.24. The molecule has 1 saturated heterocycles. The molecule has 0 spiro atoms. The number of carbonyl (C=O) groups is 1. The van der Waals surface area contributed by atoms with Gasteiger partial charge < -0.3 is 15.1 Å². The number of nitrogens with zero attached hydrogens (tertiary/aromatic N) is 4. The lowest BCUT2D eigenvalue weighted by molar-refractivity contribution is 0.0828. The van der Waals surface area contributed by atoms with E-state index in [0.717, 1.165) is 68.2 Å². The highest BCUT2D eigenvalue weighted by atomic mass is 19.3. The Bertz CT molecular complexity index is 1320. The molecule has 1 amide bonds. The van der Waals surface area contributed by atoms with E-state index in [4.69, 9.17) is 9.97 Å². The van der Waals surface area contributed by atoms with Crippen LogP contribution in [0.15, 0.2) is 24.3 Å². The maximum atomic E-state index is 14.9. The normalized spacial score (nSPS) is 16.0. The number of aryl methyl sites for hydroxylation is 1. The molecule has 3 heterocycles. The lowest BCUT2D eigenvalue weighted by Crippen LogP contribution is -2.28. The Morgan fingerprint density at radius 2 is 1.81 bits per heavy atom. The number of anilines is 2. The number of carbonyl (C=O) groups excluding carboxylic acids is 1. The molecule has 0 bridgehead atoms. The average Bonchev–Trinajstić information content (AvgIpc) is 3.55. The first-order valence-electron chi connectivity index (χ1n) is 12.4. The second kappa shape index (κ2) is 9.59. The van der Waals surface area contributed by atoms with Gasteiger partial charge in [-0.2, -0.15) is 0 Å². The van der Waals surface area contributed by atoms with E-state index in [9.17, 15) is 18.0 Å². The second-order valence-electron chi connectivity index (χ2n) is 9.81. The molecular formula is C27H30F3N5O. The maximum Gasteiger partial charge on any atom is 0.266 e. The minimum absolute atomic E-state index is 0.151. The van der Waals surface area contributed by atoms with E-state index in [1.807, 2.05) is 6.07 Å². The van der Waals surface area contributed by atoms with E-state index in [-0.39, 0.29) is 11.5 Å². The third-order valence-corrected chi connectivity index (χ3v) is 7.15. The molecule has 6 nitrogen and oxygen atoms in total. The summed E-state index contributed by atoms with van der Waals surface area (Å²) in [5.41, 5.74) is 3.28. The largest absolute Gasteiger partial charge is 0.378 e. The molecule has 3 aromatic rings. The molecule has 9 heteroatoms. The molecule has 36 heavy (non-hydrogen) atoms. The van der Waals surface area contributed by atoms with Gasteiger partial charge in [0.25, 0.3) is 12.3 Å². The number of benzene rings is 1. The minimum Gasteiger partial charge on any atom is -0.378 e. The number of fused-ring (bicyclic) bond motifs is 2. The summed E-state index contributed by atoms with van der Waals surface area (Å²) in [4.78, 5) is 26.6. The summed E-state index contributed by atoms with van der Waals surface area (Å²) in [6.07, 6.45) is 1.72. The highest BCUT2D eigenvalue weighted by molar-refractivity contribution is 6.04. The van der Waals surface area contributed by atoms with Gasteiger partial charge in [0.15, 0.2) is 5.65 Å². The Labute approximate surface area is 208 Å². The summed E-state index contributed by atoms with van der Waals surface area (Å²) < 4.78 is 41.6. The van der Waals surface area contributed by atoms with E-state index >= 15 is 0 Å². The van der Waals surface area contributed by atoms with Crippen LogP contribution in [0.5, 0.6) is 0 Å². The molecule has 0 radical (unpaired) electrons. The molecule has 1 fully saturated rings. The van der Waals surface area contributed by atoms with Crippen LogP contribution in [0.2, 0.25) is 0 Å². The van der Waals surface area contributed by atoms with Crippen LogP contribution in [0, 0.1) is 5.82 Å². The molecule has 1 aliphatic carbocycles. The van der Waals surface area contributed by atoms with Crippen molar-refractivity contribution in [1.82, 2.24) is 14.9 Å². The van der Waals surface area contributed by atoms with E-state index in [1.54, 1.807) is 21.0 Å². The summed E-state index contributed by atoms with van der Waals surface area (Å²) in [5.74, 6) is -0.416. The van der Waals surface area contributed by atoms with Crippen molar-refractivity contribution < 1.29 is 18.0 Å². The van der Waals surface area contributed by atoms with E-state index < -0.39 is 23.8 Å². The predicted molar refractivity (Wildman–Crippen MR) is 134 cm³/mol. The van der Waals surface area contributed by atoms with Crippen molar-refractivity contribution in [2.24, 2.45) is 0 Å². The Kier molecular flexibility index (Phi) is 6.49. The zero-order chi connectivity index (χ0) is 25.6. The number of hydrogen-bond donors (Lipinski definition) is 1. The van der Waals surface area contributed by atoms with Crippen molar-refractivity contribution in [3.8, 4) is 0 Å². The topological polar surface area (TPSA) is 61.4 Å². The molecule has 1 aliphatic heterocycles. The van der Waals surface area contributed by atoms with Crippen LogP contribution in [0.4, 0.5) is 24.7 Å². The monoisotopic (exact) mass is 497 g/mol. The van der Waals surface area contributed by atoms with Crippen molar-refractivity contribution in [2.75, 3.05) is 37.4 Å². The molecule has 0 saturated carbocycles. The van der Waals surface area contributed by atoms with Crippen molar-refractivity contribution in [1.29, 1.82) is 0 Å². The highest BCUT2D eigenvalue weighted by Gasteiger charge is 2.28. The van der Waals surface area contributed by atoms with Crippen LogP contribution >= 0.6 is 0 Å². The Hall–Kier alpha value is -3.36. The first-order valence-corrected chi connectivity index (χ1v) is 12.4. The molecule has 1 N–H and O–H groups in total. The quantitative estimate of drug-likeness (QED) is 0.476. The van der Waals surface area contributed by atoms with Crippen molar-refractivity contribution in [2.45, 2.75) is 51.5 Å². The Morgan fingerprint density at radius 1 is 1.08 bits per heavy atom. The van der Waals surface area contributed by atoms with Crippen LogP contribution < -0.4 is 10.2 Å². The molecule has 2 aliphatic rings. The standard InChI is InChI=1S/C27H30F3N5O/c1-15(16-8-6-10-18(22(16)28)24(29)30)31-23-17-9-7-11-21(17)32-25-19(23)14-20(27(36)34(2)3)26(33-25)35-12-4-5-13-35/h6,8,10,14-15,24H,4-5,7,9,11-13H2,1-3H3,(H,31,32,33). The zero-order valence-electron chi connectivity index (χ0n) is 20.7. The van der Waals surface area contributed by atoms with Gasteiger partial charge in [0.2, 0.25) is 0 Å². The van der Waals surface area contributed by atoms with Crippen molar-refractivity contribution in [3.63, 3.8) is 0 Å². The van der Waals surface area contributed by atoms with Gasteiger partial charge in [0.1, 0.15) is 11.6 Å². The first-order chi connectivity index (χ1) is 17.3. The molecule has 1 atom stereocenters. The number of pyridine rings is 2. The molecule has 5 rings (SSSR count). The number of amides is 1. The van der Waals surface area contributed by atoms with Crippen LogP contribution in [0.25, 0.3) is 11.0 Å². The first kappa shape index (κ1) is 24.3. The van der Waals surface area contributed by atoms with Crippen molar-refractivity contribution in [3.05, 3.63) is 58.0 Å². The third-order valence-electron chi connectivity index (χ3n) is 7.15. The van der Waals surface area contributed by atoms with E-state index in [0.29, 0.717) is 22.4 Å². The van der Waals surface area contributed by atoms with Gasteiger partial charge in [-0.3, -0.25) is 4.79 Å². The fourth-order valence-electron chi connectivity index (χ4n) is 5.27. The molecule has 1 unspecified atom stereocenters. The van der Waals surface area contributed by atoms with Crippen LogP contribution in [0.1, 0.15) is 71.4 Å². The smallest absolute Gasteiger partial charge is 0.266 e. The van der Waals surface area contributed by atoms with Gasteiger partial charge in [-0.05, 0) is 50.7 Å². The van der Waals surface area contributed by atoms with Gasteiger partial charge in [0.05, 0.1) is 22.9 Å². The van der Waals surface area contributed by atoms with Crippen LogP contribution in [-0.2, 0) is 12.8 Å². The van der Waals surface area contributed by atoms with Gasteiger partial charge in [-0.15, -0.1) is 0 Å². The summed E-state index contributed by atoms with van der Waals surface area (Å²) in [6.45, 7) is 3.41. The van der Waals surface area contributed by atoms with Gasteiger partial charge in [-0.1, -0.05) is 18.2 Å². The van der Waals surface area contributed by atoms with E-state index in [2.05, 4.69) is 10.2 Å². The zero-order valence-corrected chi connectivity index (χ0v) is 20.7. The Balaban J connectivity index is 1.66. The molecule has 1 aromatic carbocycles. The number of hydrogen-bond acceptors (Lipinski definition) is 5. The molecule has 2 aromatic heterocycles. The van der Waals surface area contributed by atoms with Gasteiger partial charge in [0, 0.05) is 43.8 Å². The van der Waals surface area contributed by atoms with Gasteiger partial charge >= 0.3 is 0 Å². The van der Waals surface area contributed by atoms with Crippen molar-refractivity contribution >= 4 is 28.4 Å². The van der Waals surface area contributed by atoms with Crippen LogP contribution in [0.3, 0.4) is 0 Å². The summed E-state index contributed by atoms with van der Waals surface area (Å²) in [7, 11) is 3.42.